The fraction of sp³-hybridized carbons (Fsp3) is 0.533. The second kappa shape index (κ2) is 5.20. The fourth-order valence-corrected chi connectivity index (χ4v) is 3.82. The minimum atomic E-state index is -4.54. The van der Waals surface area contributed by atoms with Crippen molar-refractivity contribution in [1.29, 1.82) is 0 Å². The third-order valence-corrected chi connectivity index (χ3v) is 4.85. The standard InChI is InChI=1S/C15H15ClF3NO/c16-10-3-4-13(12(7-10)15(17,18)19)20-14(21)11-6-8-1-2-9(11)5-8/h3-4,7-9,11H,1-2,5-6H2,(H,20,21). The number of carbonyl (C=O) groups is 1. The van der Waals surface area contributed by atoms with Crippen molar-refractivity contribution in [1.82, 2.24) is 0 Å². The topological polar surface area (TPSA) is 29.1 Å². The number of fused-ring (bicyclic) bond motifs is 2. The van der Waals surface area contributed by atoms with Crippen LogP contribution in [-0.4, -0.2) is 5.91 Å². The molecule has 2 aliphatic rings. The molecule has 0 heterocycles. The van der Waals surface area contributed by atoms with Crippen LogP contribution in [0.15, 0.2) is 18.2 Å². The van der Waals surface area contributed by atoms with E-state index in [0.717, 1.165) is 31.7 Å². The van der Waals surface area contributed by atoms with Crippen LogP contribution in [-0.2, 0) is 11.0 Å². The molecule has 0 spiro atoms. The van der Waals surface area contributed by atoms with Crippen LogP contribution in [0, 0.1) is 17.8 Å². The molecule has 3 unspecified atom stereocenters. The van der Waals surface area contributed by atoms with Crippen molar-refractivity contribution in [2.45, 2.75) is 31.9 Å². The van der Waals surface area contributed by atoms with Gasteiger partial charge in [0.25, 0.3) is 0 Å². The monoisotopic (exact) mass is 317 g/mol. The number of rotatable bonds is 2. The lowest BCUT2D eigenvalue weighted by molar-refractivity contribution is -0.137. The number of carbonyl (C=O) groups excluding carboxylic acids is 1. The van der Waals surface area contributed by atoms with Crippen molar-refractivity contribution >= 4 is 23.2 Å². The van der Waals surface area contributed by atoms with E-state index in [2.05, 4.69) is 5.32 Å². The quantitative estimate of drug-likeness (QED) is 0.839. The van der Waals surface area contributed by atoms with Gasteiger partial charge in [0.2, 0.25) is 5.91 Å². The average Bonchev–Trinajstić information content (AvgIpc) is 3.02. The first-order valence-corrected chi connectivity index (χ1v) is 7.40. The fourth-order valence-electron chi connectivity index (χ4n) is 3.65. The predicted octanol–water partition coefficient (Wildman–Crippen LogP) is 4.73. The van der Waals surface area contributed by atoms with Crippen molar-refractivity contribution in [3.63, 3.8) is 0 Å². The van der Waals surface area contributed by atoms with Crippen molar-refractivity contribution in [3.05, 3.63) is 28.8 Å². The summed E-state index contributed by atoms with van der Waals surface area (Å²) in [4.78, 5) is 12.3. The van der Waals surface area contributed by atoms with Gasteiger partial charge in [-0.25, -0.2) is 0 Å². The Morgan fingerprint density at radius 2 is 2.00 bits per heavy atom. The number of hydrogen-bond donors (Lipinski definition) is 1. The van der Waals surface area contributed by atoms with E-state index >= 15 is 0 Å². The van der Waals surface area contributed by atoms with Crippen LogP contribution in [0.3, 0.4) is 0 Å². The van der Waals surface area contributed by atoms with Gasteiger partial charge in [-0.1, -0.05) is 18.0 Å². The smallest absolute Gasteiger partial charge is 0.325 e. The van der Waals surface area contributed by atoms with Gasteiger partial charge in [-0.2, -0.15) is 13.2 Å². The van der Waals surface area contributed by atoms with E-state index < -0.39 is 11.7 Å². The van der Waals surface area contributed by atoms with Crippen molar-refractivity contribution in [2.75, 3.05) is 5.32 Å². The summed E-state index contributed by atoms with van der Waals surface area (Å²) in [6, 6.07) is 3.42. The number of halogens is 4. The highest BCUT2D eigenvalue weighted by atomic mass is 35.5. The number of nitrogens with one attached hydrogen (secondary N) is 1. The molecule has 1 aromatic rings. The zero-order valence-electron chi connectivity index (χ0n) is 11.2. The maximum absolute atomic E-state index is 13.0. The molecule has 2 aliphatic carbocycles. The molecule has 1 aromatic carbocycles. The van der Waals surface area contributed by atoms with E-state index in [0.29, 0.717) is 11.8 Å². The molecule has 1 amide bonds. The van der Waals surface area contributed by atoms with Crippen molar-refractivity contribution < 1.29 is 18.0 Å². The van der Waals surface area contributed by atoms with Crippen LogP contribution in [0.4, 0.5) is 18.9 Å². The molecule has 21 heavy (non-hydrogen) atoms. The summed E-state index contributed by atoms with van der Waals surface area (Å²) in [5, 5.41) is 2.45. The van der Waals surface area contributed by atoms with Crippen LogP contribution < -0.4 is 5.32 Å². The van der Waals surface area contributed by atoms with Crippen LogP contribution >= 0.6 is 11.6 Å². The third-order valence-electron chi connectivity index (χ3n) is 4.62. The SMILES string of the molecule is O=C(Nc1ccc(Cl)cc1C(F)(F)F)C1CC2CCC1C2. The molecule has 0 radical (unpaired) electrons. The first-order chi connectivity index (χ1) is 9.84. The molecule has 0 saturated heterocycles. The van der Waals surface area contributed by atoms with Gasteiger partial charge in [-0.3, -0.25) is 4.79 Å². The van der Waals surface area contributed by atoms with Gasteiger partial charge in [0.05, 0.1) is 11.3 Å². The minimum Gasteiger partial charge on any atom is -0.325 e. The van der Waals surface area contributed by atoms with Crippen LogP contribution in [0.25, 0.3) is 0 Å². The second-order valence-electron chi connectivity index (χ2n) is 5.96. The van der Waals surface area contributed by atoms with Crippen LogP contribution in [0.1, 0.15) is 31.2 Å². The number of benzene rings is 1. The van der Waals surface area contributed by atoms with Gasteiger partial charge in [0.15, 0.2) is 0 Å². The van der Waals surface area contributed by atoms with E-state index in [1.165, 1.54) is 12.1 Å². The van der Waals surface area contributed by atoms with E-state index in [9.17, 15) is 18.0 Å². The molecule has 2 saturated carbocycles. The highest BCUT2D eigenvalue weighted by Gasteiger charge is 2.43. The third kappa shape index (κ3) is 2.89. The Morgan fingerprint density at radius 3 is 2.57 bits per heavy atom. The Labute approximate surface area is 125 Å². The summed E-state index contributed by atoms with van der Waals surface area (Å²) < 4.78 is 39.0. The molecule has 3 rings (SSSR count). The number of anilines is 1. The van der Waals surface area contributed by atoms with Crippen LogP contribution in [0.5, 0.6) is 0 Å². The van der Waals surface area contributed by atoms with E-state index in [1.54, 1.807) is 0 Å². The van der Waals surface area contributed by atoms with Gasteiger partial charge in [0, 0.05) is 10.9 Å². The second-order valence-corrected chi connectivity index (χ2v) is 6.39. The van der Waals surface area contributed by atoms with Gasteiger partial charge < -0.3 is 5.32 Å². The molecule has 2 bridgehead atoms. The molecule has 114 valence electrons. The zero-order chi connectivity index (χ0) is 15.2. The lowest BCUT2D eigenvalue weighted by Gasteiger charge is -2.22. The van der Waals surface area contributed by atoms with E-state index in [1.807, 2.05) is 0 Å². The number of amides is 1. The minimum absolute atomic E-state index is 0.000229. The van der Waals surface area contributed by atoms with E-state index in [-0.39, 0.29) is 22.5 Å². The van der Waals surface area contributed by atoms with Gasteiger partial charge >= 0.3 is 6.18 Å². The van der Waals surface area contributed by atoms with Gasteiger partial charge in [0.1, 0.15) is 0 Å². The number of hydrogen-bond acceptors (Lipinski definition) is 1. The summed E-state index contributed by atoms with van der Waals surface area (Å²) in [5.41, 5.74) is -1.11. The Balaban J connectivity index is 1.80. The van der Waals surface area contributed by atoms with Gasteiger partial charge in [-0.05, 0) is 49.3 Å². The Morgan fingerprint density at radius 1 is 1.24 bits per heavy atom. The van der Waals surface area contributed by atoms with Crippen molar-refractivity contribution in [3.8, 4) is 0 Å². The lowest BCUT2D eigenvalue weighted by Crippen LogP contribution is -2.28. The molecule has 1 N–H and O–H groups in total. The predicted molar refractivity (Wildman–Crippen MR) is 74.0 cm³/mol. The Bertz CT molecular complexity index is 573. The highest BCUT2D eigenvalue weighted by molar-refractivity contribution is 6.30. The van der Waals surface area contributed by atoms with E-state index in [4.69, 9.17) is 11.6 Å². The number of alkyl halides is 3. The molecular weight excluding hydrogens is 303 g/mol. The normalized spacial score (nSPS) is 27.9. The molecular formula is C15H15ClF3NO. The average molecular weight is 318 g/mol. The highest BCUT2D eigenvalue weighted by Crippen LogP contribution is 2.48. The first-order valence-electron chi connectivity index (χ1n) is 7.02. The summed E-state index contributed by atoms with van der Waals surface area (Å²) in [5.74, 6) is 0.449. The lowest BCUT2D eigenvalue weighted by atomic mass is 9.88. The zero-order valence-corrected chi connectivity index (χ0v) is 12.0. The largest absolute Gasteiger partial charge is 0.418 e. The molecule has 2 fully saturated rings. The molecule has 0 aromatic heterocycles. The first kappa shape index (κ1) is 14.7. The Hall–Kier alpha value is -1.23. The maximum atomic E-state index is 13.0. The Kier molecular flexibility index (Phi) is 3.64. The summed E-state index contributed by atoms with van der Waals surface area (Å²) >= 11 is 5.63. The summed E-state index contributed by atoms with van der Waals surface area (Å²) in [7, 11) is 0. The maximum Gasteiger partial charge on any atom is 0.418 e. The molecule has 0 aliphatic heterocycles. The van der Waals surface area contributed by atoms with Gasteiger partial charge in [-0.15, -0.1) is 0 Å². The van der Waals surface area contributed by atoms with Crippen molar-refractivity contribution in [2.24, 2.45) is 17.8 Å². The summed E-state index contributed by atoms with van der Waals surface area (Å²) in [6.07, 6.45) is -0.558. The summed E-state index contributed by atoms with van der Waals surface area (Å²) in [6.45, 7) is 0. The molecule has 2 nitrogen and oxygen atoms in total. The molecule has 3 atom stereocenters. The van der Waals surface area contributed by atoms with Crippen LogP contribution in [0.2, 0.25) is 5.02 Å². The molecule has 6 heteroatoms.